The van der Waals surface area contributed by atoms with Gasteiger partial charge in [0.25, 0.3) is 0 Å². The van der Waals surface area contributed by atoms with E-state index in [0.717, 1.165) is 0 Å². The summed E-state index contributed by atoms with van der Waals surface area (Å²) in [5, 5.41) is 2.78. The lowest BCUT2D eigenvalue weighted by Crippen LogP contribution is -2.47. The van der Waals surface area contributed by atoms with Crippen molar-refractivity contribution in [3.05, 3.63) is 34.8 Å². The minimum absolute atomic E-state index is 0.0688. The van der Waals surface area contributed by atoms with Crippen LogP contribution in [0.5, 0.6) is 0 Å². The Morgan fingerprint density at radius 3 is 2.57 bits per heavy atom. The molecule has 2 aromatic rings. The Kier molecular flexibility index (Phi) is 4.58. The van der Waals surface area contributed by atoms with E-state index in [9.17, 15) is 14.4 Å². The predicted molar refractivity (Wildman–Crippen MR) is 86.0 cm³/mol. The standard InChI is InChI=1S/C16H21N3O4/c1-16(2,3)17-13(20)9-18(4)14(21)10-19-11-7-5-6-8-12(11)23-15(19)22/h5-8H,9-10H2,1-4H3,(H,17,20). The van der Waals surface area contributed by atoms with Gasteiger partial charge >= 0.3 is 5.76 Å². The summed E-state index contributed by atoms with van der Waals surface area (Å²) in [5.41, 5.74) is 0.621. The largest absolute Gasteiger partial charge is 0.420 e. The van der Waals surface area contributed by atoms with Gasteiger partial charge in [-0.15, -0.1) is 0 Å². The van der Waals surface area contributed by atoms with Crippen LogP contribution in [0.1, 0.15) is 20.8 Å². The minimum Gasteiger partial charge on any atom is -0.408 e. The van der Waals surface area contributed by atoms with Gasteiger partial charge in [0.2, 0.25) is 11.8 Å². The lowest BCUT2D eigenvalue weighted by Gasteiger charge is -2.23. The van der Waals surface area contributed by atoms with Crippen LogP contribution < -0.4 is 11.1 Å². The summed E-state index contributed by atoms with van der Waals surface area (Å²) in [4.78, 5) is 37.3. The molecule has 0 spiro atoms. The van der Waals surface area contributed by atoms with Crippen LogP contribution in [-0.2, 0) is 16.1 Å². The third-order valence-electron chi connectivity index (χ3n) is 3.19. The molecule has 0 saturated carbocycles. The Labute approximate surface area is 133 Å². The maximum atomic E-state index is 12.3. The van der Waals surface area contributed by atoms with Gasteiger partial charge in [0.1, 0.15) is 6.54 Å². The quantitative estimate of drug-likeness (QED) is 0.910. The Balaban J connectivity index is 2.07. The fourth-order valence-corrected chi connectivity index (χ4v) is 2.18. The summed E-state index contributed by atoms with van der Waals surface area (Å²) in [5.74, 6) is -1.19. The van der Waals surface area contributed by atoms with Crippen LogP contribution in [0.2, 0.25) is 0 Å². The molecule has 2 rings (SSSR count). The van der Waals surface area contributed by atoms with Crippen molar-refractivity contribution in [2.45, 2.75) is 32.9 Å². The second kappa shape index (κ2) is 6.28. The SMILES string of the molecule is CN(CC(=O)NC(C)(C)C)C(=O)Cn1c(=O)oc2ccccc21. The Morgan fingerprint density at radius 1 is 1.26 bits per heavy atom. The zero-order valence-corrected chi connectivity index (χ0v) is 13.8. The molecule has 1 aromatic carbocycles. The predicted octanol–water partition coefficient (Wildman–Crippen LogP) is 0.968. The molecule has 0 unspecified atom stereocenters. The van der Waals surface area contributed by atoms with E-state index in [1.54, 1.807) is 24.3 Å². The number of nitrogens with zero attached hydrogens (tertiary/aromatic N) is 2. The van der Waals surface area contributed by atoms with Gasteiger partial charge in [0, 0.05) is 12.6 Å². The van der Waals surface area contributed by atoms with Gasteiger partial charge in [-0.25, -0.2) is 4.79 Å². The van der Waals surface area contributed by atoms with Crippen molar-refractivity contribution in [3.63, 3.8) is 0 Å². The summed E-state index contributed by atoms with van der Waals surface area (Å²) in [6, 6.07) is 6.89. The smallest absolute Gasteiger partial charge is 0.408 e. The molecule has 1 N–H and O–H groups in total. The molecule has 1 aromatic heterocycles. The maximum Gasteiger partial charge on any atom is 0.420 e. The normalized spacial score (nSPS) is 11.5. The van der Waals surface area contributed by atoms with Gasteiger partial charge in [-0.1, -0.05) is 12.1 Å². The first-order valence-electron chi connectivity index (χ1n) is 7.31. The number of fused-ring (bicyclic) bond motifs is 1. The van der Waals surface area contributed by atoms with Crippen LogP contribution in [0.3, 0.4) is 0 Å². The molecule has 0 atom stereocenters. The summed E-state index contributed by atoms with van der Waals surface area (Å²) in [7, 11) is 1.53. The highest BCUT2D eigenvalue weighted by Crippen LogP contribution is 2.11. The Morgan fingerprint density at radius 2 is 1.91 bits per heavy atom. The number of carbonyl (C=O) groups is 2. The maximum absolute atomic E-state index is 12.3. The molecule has 0 radical (unpaired) electrons. The number of carbonyl (C=O) groups excluding carboxylic acids is 2. The fraction of sp³-hybridized carbons (Fsp3) is 0.438. The molecule has 0 fully saturated rings. The third kappa shape index (κ3) is 4.21. The second-order valence-electron chi connectivity index (χ2n) is 6.47. The van der Waals surface area contributed by atoms with Crippen LogP contribution >= 0.6 is 0 Å². The van der Waals surface area contributed by atoms with Crippen LogP contribution in [0, 0.1) is 0 Å². The van der Waals surface area contributed by atoms with Crippen LogP contribution in [0.4, 0.5) is 0 Å². The van der Waals surface area contributed by atoms with E-state index < -0.39 is 5.76 Å². The monoisotopic (exact) mass is 319 g/mol. The minimum atomic E-state index is -0.591. The van der Waals surface area contributed by atoms with Gasteiger partial charge in [-0.2, -0.15) is 0 Å². The van der Waals surface area contributed by atoms with Crippen molar-refractivity contribution >= 4 is 22.9 Å². The number of rotatable bonds is 4. The first kappa shape index (κ1) is 16.8. The number of likely N-dealkylation sites (N-methyl/N-ethyl adjacent to an activating group) is 1. The van der Waals surface area contributed by atoms with Crippen molar-refractivity contribution < 1.29 is 14.0 Å². The third-order valence-corrected chi connectivity index (χ3v) is 3.19. The Hall–Kier alpha value is -2.57. The zero-order valence-electron chi connectivity index (χ0n) is 13.8. The second-order valence-corrected chi connectivity index (χ2v) is 6.47. The number of para-hydroxylation sites is 2. The number of amides is 2. The van der Waals surface area contributed by atoms with Gasteiger partial charge < -0.3 is 14.6 Å². The molecule has 0 aliphatic heterocycles. The van der Waals surface area contributed by atoms with E-state index in [1.807, 2.05) is 20.8 Å². The van der Waals surface area contributed by atoms with Crippen molar-refractivity contribution in [2.75, 3.05) is 13.6 Å². The average Bonchev–Trinajstić information content (AvgIpc) is 2.73. The number of aromatic nitrogens is 1. The molecule has 0 saturated heterocycles. The van der Waals surface area contributed by atoms with E-state index in [1.165, 1.54) is 16.5 Å². The molecule has 0 aliphatic carbocycles. The summed E-state index contributed by atoms with van der Waals surface area (Å²) < 4.78 is 6.34. The molecular formula is C16H21N3O4. The molecule has 0 bridgehead atoms. The van der Waals surface area contributed by atoms with E-state index >= 15 is 0 Å². The van der Waals surface area contributed by atoms with Crippen LogP contribution in [0.15, 0.2) is 33.5 Å². The van der Waals surface area contributed by atoms with E-state index in [4.69, 9.17) is 4.42 Å². The number of nitrogens with one attached hydrogen (secondary N) is 1. The highest BCUT2D eigenvalue weighted by Gasteiger charge is 2.19. The first-order chi connectivity index (χ1) is 10.7. The van der Waals surface area contributed by atoms with Crippen molar-refractivity contribution in [1.82, 2.24) is 14.8 Å². The summed E-state index contributed by atoms with van der Waals surface area (Å²) >= 11 is 0. The molecule has 1 heterocycles. The molecule has 124 valence electrons. The van der Waals surface area contributed by atoms with Gasteiger partial charge in [-0.3, -0.25) is 14.2 Å². The first-order valence-corrected chi connectivity index (χ1v) is 7.31. The molecule has 7 heteroatoms. The number of oxazole rings is 1. The van der Waals surface area contributed by atoms with Crippen molar-refractivity contribution in [3.8, 4) is 0 Å². The number of hydrogen-bond acceptors (Lipinski definition) is 4. The molecular weight excluding hydrogens is 298 g/mol. The van der Waals surface area contributed by atoms with Crippen LogP contribution in [0.25, 0.3) is 11.1 Å². The highest BCUT2D eigenvalue weighted by molar-refractivity contribution is 5.85. The molecule has 0 aliphatic rings. The fourth-order valence-electron chi connectivity index (χ4n) is 2.18. The van der Waals surface area contributed by atoms with E-state index in [2.05, 4.69) is 5.32 Å². The zero-order chi connectivity index (χ0) is 17.2. The number of hydrogen-bond donors (Lipinski definition) is 1. The highest BCUT2D eigenvalue weighted by atomic mass is 16.4. The summed E-state index contributed by atoms with van der Waals surface area (Å²) in [6.45, 7) is 5.35. The Bertz CT molecular complexity index is 782. The van der Waals surface area contributed by atoms with Crippen molar-refractivity contribution in [1.29, 1.82) is 0 Å². The van der Waals surface area contributed by atoms with Crippen LogP contribution in [-0.4, -0.2) is 40.4 Å². The van der Waals surface area contributed by atoms with E-state index in [0.29, 0.717) is 11.1 Å². The lowest BCUT2D eigenvalue weighted by molar-refractivity contribution is -0.135. The lowest BCUT2D eigenvalue weighted by atomic mass is 10.1. The van der Waals surface area contributed by atoms with Gasteiger partial charge in [0.15, 0.2) is 5.58 Å². The van der Waals surface area contributed by atoms with Gasteiger partial charge in [0.05, 0.1) is 12.1 Å². The summed E-state index contributed by atoms with van der Waals surface area (Å²) in [6.07, 6.45) is 0. The molecule has 23 heavy (non-hydrogen) atoms. The topological polar surface area (TPSA) is 84.5 Å². The molecule has 7 nitrogen and oxygen atoms in total. The average molecular weight is 319 g/mol. The van der Waals surface area contributed by atoms with Gasteiger partial charge in [-0.05, 0) is 32.9 Å². The van der Waals surface area contributed by atoms with E-state index in [-0.39, 0.29) is 30.4 Å². The molecule has 2 amide bonds. The number of benzene rings is 1. The van der Waals surface area contributed by atoms with Crippen molar-refractivity contribution in [2.24, 2.45) is 0 Å².